The fourth-order valence-corrected chi connectivity index (χ4v) is 5.33. The van der Waals surface area contributed by atoms with E-state index in [2.05, 4.69) is 36.8 Å². The molecule has 0 spiro atoms. The molecule has 0 aromatic heterocycles. The van der Waals surface area contributed by atoms with E-state index in [0.29, 0.717) is 4.90 Å². The third-order valence-corrected chi connectivity index (χ3v) is 7.31. The molecule has 134 valence electrons. The predicted molar refractivity (Wildman–Crippen MR) is 104 cm³/mol. The van der Waals surface area contributed by atoms with Gasteiger partial charge in [0, 0.05) is 15.8 Å². The van der Waals surface area contributed by atoms with E-state index in [0.717, 1.165) is 30.6 Å². The van der Waals surface area contributed by atoms with Crippen LogP contribution in [0.4, 0.5) is 0 Å². The summed E-state index contributed by atoms with van der Waals surface area (Å²) in [5, 5.41) is 0. The Bertz CT molecular complexity index is 823. The third kappa shape index (κ3) is 4.87. The standard InChI is InChI=1S/C20H25NO2S2/c1-15-8-9-19(14-16(15)2)24-18-10-12-20(13-11-18)25(22,23)21-17-6-4-3-5-7-17/h8-14,17,21H,3-7H2,1-2H3. The Labute approximate surface area is 155 Å². The molecule has 25 heavy (non-hydrogen) atoms. The number of hydrogen-bond donors (Lipinski definition) is 1. The van der Waals surface area contributed by atoms with Crippen molar-refractivity contribution in [1.82, 2.24) is 4.72 Å². The molecule has 0 atom stereocenters. The van der Waals surface area contributed by atoms with E-state index < -0.39 is 10.0 Å². The van der Waals surface area contributed by atoms with Gasteiger partial charge in [-0.05, 0) is 74.2 Å². The zero-order valence-electron chi connectivity index (χ0n) is 14.8. The molecule has 0 aliphatic heterocycles. The van der Waals surface area contributed by atoms with Gasteiger partial charge in [0.15, 0.2) is 0 Å². The highest BCUT2D eigenvalue weighted by Crippen LogP contribution is 2.30. The Balaban J connectivity index is 1.69. The second-order valence-corrected chi connectivity index (χ2v) is 9.64. The molecule has 2 aromatic rings. The highest BCUT2D eigenvalue weighted by molar-refractivity contribution is 7.99. The van der Waals surface area contributed by atoms with Crippen molar-refractivity contribution in [3.8, 4) is 0 Å². The van der Waals surface area contributed by atoms with Gasteiger partial charge in [-0.15, -0.1) is 0 Å². The van der Waals surface area contributed by atoms with Crippen LogP contribution in [0.3, 0.4) is 0 Å². The van der Waals surface area contributed by atoms with Crippen LogP contribution in [-0.2, 0) is 10.0 Å². The van der Waals surface area contributed by atoms with Gasteiger partial charge in [-0.1, -0.05) is 37.1 Å². The van der Waals surface area contributed by atoms with Crippen molar-refractivity contribution < 1.29 is 8.42 Å². The molecule has 0 amide bonds. The number of sulfonamides is 1. The van der Waals surface area contributed by atoms with E-state index in [1.165, 1.54) is 22.4 Å². The largest absolute Gasteiger partial charge is 0.240 e. The van der Waals surface area contributed by atoms with Crippen LogP contribution in [0.1, 0.15) is 43.2 Å². The minimum absolute atomic E-state index is 0.0864. The molecule has 1 saturated carbocycles. The summed E-state index contributed by atoms with van der Waals surface area (Å²) in [6, 6.07) is 13.6. The summed E-state index contributed by atoms with van der Waals surface area (Å²) in [4.78, 5) is 2.56. The second kappa shape index (κ2) is 7.94. The summed E-state index contributed by atoms with van der Waals surface area (Å²) in [6.07, 6.45) is 5.32. The first-order valence-electron chi connectivity index (χ1n) is 8.81. The number of rotatable bonds is 5. The van der Waals surface area contributed by atoms with Crippen molar-refractivity contribution in [2.75, 3.05) is 0 Å². The van der Waals surface area contributed by atoms with Gasteiger partial charge in [-0.25, -0.2) is 13.1 Å². The Hall–Kier alpha value is -1.30. The quantitative estimate of drug-likeness (QED) is 0.794. The molecule has 0 unspecified atom stereocenters. The lowest BCUT2D eigenvalue weighted by atomic mass is 9.96. The summed E-state index contributed by atoms with van der Waals surface area (Å²) in [6.45, 7) is 4.20. The highest BCUT2D eigenvalue weighted by Gasteiger charge is 2.21. The molecule has 5 heteroatoms. The summed E-state index contributed by atoms with van der Waals surface area (Å²) in [7, 11) is -3.42. The van der Waals surface area contributed by atoms with Gasteiger partial charge in [-0.2, -0.15) is 0 Å². The van der Waals surface area contributed by atoms with E-state index in [1.54, 1.807) is 23.9 Å². The summed E-state index contributed by atoms with van der Waals surface area (Å²) < 4.78 is 27.9. The van der Waals surface area contributed by atoms with Gasteiger partial charge in [0.1, 0.15) is 0 Å². The zero-order chi connectivity index (χ0) is 17.9. The maximum atomic E-state index is 12.5. The first-order chi connectivity index (χ1) is 11.9. The lowest BCUT2D eigenvalue weighted by Gasteiger charge is -2.22. The van der Waals surface area contributed by atoms with Crippen LogP contribution in [-0.4, -0.2) is 14.5 Å². The van der Waals surface area contributed by atoms with Crippen LogP contribution in [0, 0.1) is 13.8 Å². The number of benzene rings is 2. The minimum Gasteiger partial charge on any atom is -0.208 e. The third-order valence-electron chi connectivity index (χ3n) is 4.78. The summed E-state index contributed by atoms with van der Waals surface area (Å²) >= 11 is 1.65. The minimum atomic E-state index is -3.42. The van der Waals surface area contributed by atoms with Gasteiger partial charge in [0.05, 0.1) is 4.90 Å². The molecule has 0 radical (unpaired) electrons. The molecule has 3 nitrogen and oxygen atoms in total. The normalized spacial score (nSPS) is 16.1. The summed E-state index contributed by atoms with van der Waals surface area (Å²) in [5.41, 5.74) is 2.54. The van der Waals surface area contributed by atoms with E-state index in [1.807, 2.05) is 12.1 Å². The van der Waals surface area contributed by atoms with Crippen LogP contribution in [0.2, 0.25) is 0 Å². The molecular formula is C20H25NO2S2. The fourth-order valence-electron chi connectivity index (χ4n) is 3.11. The first-order valence-corrected chi connectivity index (χ1v) is 11.1. The van der Waals surface area contributed by atoms with Crippen LogP contribution < -0.4 is 4.72 Å². The average molecular weight is 376 g/mol. The van der Waals surface area contributed by atoms with E-state index in [4.69, 9.17) is 0 Å². The SMILES string of the molecule is Cc1ccc(Sc2ccc(S(=O)(=O)NC3CCCCC3)cc2)cc1C. The van der Waals surface area contributed by atoms with Crippen molar-refractivity contribution in [2.45, 2.75) is 66.7 Å². The number of hydrogen-bond acceptors (Lipinski definition) is 3. The molecule has 0 saturated heterocycles. The van der Waals surface area contributed by atoms with Crippen LogP contribution >= 0.6 is 11.8 Å². The molecule has 0 bridgehead atoms. The lowest BCUT2D eigenvalue weighted by Crippen LogP contribution is -2.36. The smallest absolute Gasteiger partial charge is 0.208 e. The zero-order valence-corrected chi connectivity index (χ0v) is 16.4. The molecule has 2 aromatic carbocycles. The second-order valence-electron chi connectivity index (χ2n) is 6.78. The molecule has 1 N–H and O–H groups in total. The average Bonchev–Trinajstić information content (AvgIpc) is 2.59. The maximum absolute atomic E-state index is 12.5. The van der Waals surface area contributed by atoms with Gasteiger partial charge in [0.25, 0.3) is 0 Å². The molecule has 3 rings (SSSR count). The van der Waals surface area contributed by atoms with E-state index >= 15 is 0 Å². The first kappa shape index (κ1) is 18.5. The van der Waals surface area contributed by atoms with Crippen molar-refractivity contribution in [2.24, 2.45) is 0 Å². The van der Waals surface area contributed by atoms with Crippen molar-refractivity contribution in [3.05, 3.63) is 53.6 Å². The van der Waals surface area contributed by atoms with Crippen molar-refractivity contribution in [3.63, 3.8) is 0 Å². The summed E-state index contributed by atoms with van der Waals surface area (Å²) in [5.74, 6) is 0. The number of aryl methyl sites for hydroxylation is 2. The molecular weight excluding hydrogens is 350 g/mol. The molecule has 1 fully saturated rings. The highest BCUT2D eigenvalue weighted by atomic mass is 32.2. The number of nitrogens with one attached hydrogen (secondary N) is 1. The van der Waals surface area contributed by atoms with Crippen molar-refractivity contribution >= 4 is 21.8 Å². The van der Waals surface area contributed by atoms with E-state index in [9.17, 15) is 8.42 Å². The lowest BCUT2D eigenvalue weighted by molar-refractivity contribution is 0.412. The monoisotopic (exact) mass is 375 g/mol. The van der Waals surface area contributed by atoms with Crippen LogP contribution in [0.15, 0.2) is 57.2 Å². The van der Waals surface area contributed by atoms with E-state index in [-0.39, 0.29) is 6.04 Å². The predicted octanol–water partition coefficient (Wildman–Crippen LogP) is 5.07. The molecule has 1 aliphatic rings. The Morgan fingerprint density at radius 1 is 0.880 bits per heavy atom. The Kier molecular flexibility index (Phi) is 5.87. The van der Waals surface area contributed by atoms with Crippen LogP contribution in [0.25, 0.3) is 0 Å². The molecule has 1 aliphatic carbocycles. The Morgan fingerprint density at radius 3 is 2.16 bits per heavy atom. The topological polar surface area (TPSA) is 46.2 Å². The Morgan fingerprint density at radius 2 is 1.52 bits per heavy atom. The van der Waals surface area contributed by atoms with Gasteiger partial charge in [0.2, 0.25) is 10.0 Å². The van der Waals surface area contributed by atoms with Gasteiger partial charge >= 0.3 is 0 Å². The van der Waals surface area contributed by atoms with Gasteiger partial charge < -0.3 is 0 Å². The fraction of sp³-hybridized carbons (Fsp3) is 0.400. The van der Waals surface area contributed by atoms with Gasteiger partial charge in [-0.3, -0.25) is 0 Å². The molecule has 0 heterocycles. The van der Waals surface area contributed by atoms with Crippen molar-refractivity contribution in [1.29, 1.82) is 0 Å². The maximum Gasteiger partial charge on any atom is 0.240 e. The van der Waals surface area contributed by atoms with Crippen LogP contribution in [0.5, 0.6) is 0 Å².